The zero-order valence-corrected chi connectivity index (χ0v) is 18.2. The van der Waals surface area contributed by atoms with Crippen molar-refractivity contribution in [2.24, 2.45) is 0 Å². The lowest BCUT2D eigenvalue weighted by Crippen LogP contribution is -2.36. The Kier molecular flexibility index (Phi) is 8.31. The van der Waals surface area contributed by atoms with Gasteiger partial charge in [-0.15, -0.1) is 0 Å². The summed E-state index contributed by atoms with van der Waals surface area (Å²) in [5.74, 6) is -3.36. The molecule has 0 bridgehead atoms. The first-order chi connectivity index (χ1) is 15.9. The van der Waals surface area contributed by atoms with E-state index in [1.165, 1.54) is 7.11 Å². The number of nitrogens with zero attached hydrogens (tertiary/aromatic N) is 1. The second-order valence-corrected chi connectivity index (χ2v) is 7.35. The molecule has 3 rings (SSSR count). The Morgan fingerprint density at radius 1 is 1.06 bits per heavy atom. The molecule has 2 aromatic rings. The average Bonchev–Trinajstić information content (AvgIpc) is 2.82. The van der Waals surface area contributed by atoms with Crippen LogP contribution in [0, 0.1) is 11.6 Å². The summed E-state index contributed by atoms with van der Waals surface area (Å²) < 4.78 is 36.8. The summed E-state index contributed by atoms with van der Waals surface area (Å²) in [6.07, 6.45) is 0.331. The van der Waals surface area contributed by atoms with Crippen LogP contribution in [0.2, 0.25) is 0 Å². The quantitative estimate of drug-likeness (QED) is 0.464. The molecule has 1 saturated heterocycles. The van der Waals surface area contributed by atoms with Crippen molar-refractivity contribution in [2.45, 2.75) is 12.8 Å². The van der Waals surface area contributed by atoms with Crippen molar-refractivity contribution in [2.75, 3.05) is 50.2 Å². The molecule has 0 aromatic heterocycles. The number of anilines is 2. The van der Waals surface area contributed by atoms with Crippen molar-refractivity contribution < 1.29 is 32.6 Å². The van der Waals surface area contributed by atoms with Gasteiger partial charge in [0.25, 0.3) is 5.91 Å². The van der Waals surface area contributed by atoms with Crippen molar-refractivity contribution in [1.29, 1.82) is 0 Å². The molecule has 2 amide bonds. The summed E-state index contributed by atoms with van der Waals surface area (Å²) >= 11 is 0. The van der Waals surface area contributed by atoms with Gasteiger partial charge in [-0.3, -0.25) is 9.59 Å². The Labute approximate surface area is 189 Å². The van der Waals surface area contributed by atoms with Crippen LogP contribution in [0.5, 0.6) is 0 Å². The minimum Gasteiger partial charge on any atom is -0.465 e. The van der Waals surface area contributed by atoms with Crippen LogP contribution in [0.1, 0.15) is 33.6 Å². The Morgan fingerprint density at radius 2 is 1.82 bits per heavy atom. The standard InChI is InChI=1S/C23H25F2N3O5/c1-32-23(31)18-14-16(28-9-11-33-12-10-28)5-7-20(18)27-21(29)3-2-8-26-22(30)17-6-4-15(24)13-19(17)25/h4-7,13-14H,2-3,8-12H2,1H3,(H,26,30)(H,27,29). The predicted molar refractivity (Wildman–Crippen MR) is 117 cm³/mol. The normalized spacial score (nSPS) is 13.4. The van der Waals surface area contributed by atoms with Gasteiger partial charge in [0, 0.05) is 37.8 Å². The van der Waals surface area contributed by atoms with E-state index in [1.54, 1.807) is 12.1 Å². The van der Waals surface area contributed by atoms with Crippen LogP contribution in [-0.2, 0) is 14.3 Å². The lowest BCUT2D eigenvalue weighted by atomic mass is 10.1. The summed E-state index contributed by atoms with van der Waals surface area (Å²) in [7, 11) is 1.27. The third-order valence-electron chi connectivity index (χ3n) is 5.10. The number of morpholine rings is 1. The van der Waals surface area contributed by atoms with Gasteiger partial charge in [-0.1, -0.05) is 0 Å². The Balaban J connectivity index is 1.54. The number of carbonyl (C=O) groups is 3. The molecule has 0 atom stereocenters. The van der Waals surface area contributed by atoms with Gasteiger partial charge in [-0.25, -0.2) is 13.6 Å². The van der Waals surface area contributed by atoms with Crippen LogP contribution in [0.3, 0.4) is 0 Å². The van der Waals surface area contributed by atoms with Gasteiger partial charge in [-0.2, -0.15) is 0 Å². The molecular formula is C23H25F2N3O5. The maximum absolute atomic E-state index is 13.6. The summed E-state index contributed by atoms with van der Waals surface area (Å²) in [6.45, 7) is 2.69. The lowest BCUT2D eigenvalue weighted by Gasteiger charge is -2.29. The molecule has 2 N–H and O–H groups in total. The first-order valence-corrected chi connectivity index (χ1v) is 10.5. The third-order valence-corrected chi connectivity index (χ3v) is 5.10. The van der Waals surface area contributed by atoms with E-state index in [4.69, 9.17) is 9.47 Å². The van der Waals surface area contributed by atoms with Crippen molar-refractivity contribution in [3.8, 4) is 0 Å². The Morgan fingerprint density at radius 3 is 2.52 bits per heavy atom. The number of rotatable bonds is 8. The molecule has 1 heterocycles. The van der Waals surface area contributed by atoms with Gasteiger partial charge in [0.15, 0.2) is 0 Å². The number of amides is 2. The zero-order chi connectivity index (χ0) is 23.8. The number of ether oxygens (including phenoxy) is 2. The van der Waals surface area contributed by atoms with E-state index >= 15 is 0 Å². The van der Waals surface area contributed by atoms with Crippen molar-refractivity contribution in [3.63, 3.8) is 0 Å². The van der Waals surface area contributed by atoms with Crippen molar-refractivity contribution >= 4 is 29.2 Å². The van der Waals surface area contributed by atoms with Crippen molar-refractivity contribution in [1.82, 2.24) is 5.32 Å². The van der Waals surface area contributed by atoms with Crippen LogP contribution in [0.15, 0.2) is 36.4 Å². The molecule has 8 nitrogen and oxygen atoms in total. The number of hydrogen-bond donors (Lipinski definition) is 2. The van der Waals surface area contributed by atoms with Gasteiger partial charge in [0.05, 0.1) is 37.1 Å². The maximum atomic E-state index is 13.6. The Bertz CT molecular complexity index is 1030. The number of esters is 1. The number of nitrogens with one attached hydrogen (secondary N) is 2. The second-order valence-electron chi connectivity index (χ2n) is 7.35. The minimum atomic E-state index is -0.957. The monoisotopic (exact) mass is 461 g/mol. The fourth-order valence-corrected chi connectivity index (χ4v) is 3.37. The van der Waals surface area contributed by atoms with E-state index in [0.29, 0.717) is 38.1 Å². The molecule has 1 aliphatic heterocycles. The molecule has 0 unspecified atom stereocenters. The molecule has 1 fully saturated rings. The summed E-state index contributed by atoms with van der Waals surface area (Å²) in [6, 6.07) is 7.81. The largest absolute Gasteiger partial charge is 0.465 e. The van der Waals surface area contributed by atoms with Crippen LogP contribution in [0.25, 0.3) is 0 Å². The third kappa shape index (κ3) is 6.48. The smallest absolute Gasteiger partial charge is 0.340 e. The van der Waals surface area contributed by atoms with Gasteiger partial charge in [0.1, 0.15) is 11.6 Å². The summed E-state index contributed by atoms with van der Waals surface area (Å²) in [5, 5.41) is 5.18. The molecule has 0 saturated carbocycles. The summed E-state index contributed by atoms with van der Waals surface area (Å²) in [4.78, 5) is 38.7. The highest BCUT2D eigenvalue weighted by Gasteiger charge is 2.19. The van der Waals surface area contributed by atoms with E-state index in [0.717, 1.165) is 17.8 Å². The molecule has 176 valence electrons. The topological polar surface area (TPSA) is 97.0 Å². The maximum Gasteiger partial charge on any atom is 0.340 e. The van der Waals surface area contributed by atoms with Crippen LogP contribution in [0.4, 0.5) is 20.2 Å². The SMILES string of the molecule is COC(=O)c1cc(N2CCOCC2)ccc1NC(=O)CCCNC(=O)c1ccc(F)cc1F. The number of hydrogen-bond acceptors (Lipinski definition) is 6. The van der Waals surface area contributed by atoms with Crippen LogP contribution in [-0.4, -0.2) is 57.7 Å². The zero-order valence-electron chi connectivity index (χ0n) is 18.2. The van der Waals surface area contributed by atoms with Gasteiger partial charge in [-0.05, 0) is 36.8 Å². The second kappa shape index (κ2) is 11.4. The highest BCUT2D eigenvalue weighted by molar-refractivity contribution is 6.02. The number of halogens is 2. The summed E-state index contributed by atoms with van der Waals surface area (Å²) in [5.41, 5.74) is 1.10. The van der Waals surface area contributed by atoms with Crippen LogP contribution >= 0.6 is 0 Å². The number of benzene rings is 2. The lowest BCUT2D eigenvalue weighted by molar-refractivity contribution is -0.116. The fourth-order valence-electron chi connectivity index (χ4n) is 3.37. The van der Waals surface area contributed by atoms with Crippen molar-refractivity contribution in [3.05, 3.63) is 59.2 Å². The molecule has 0 aliphatic carbocycles. The Hall–Kier alpha value is -3.53. The van der Waals surface area contributed by atoms with E-state index in [-0.39, 0.29) is 36.4 Å². The molecule has 0 radical (unpaired) electrons. The van der Waals surface area contributed by atoms with Gasteiger partial charge in [0.2, 0.25) is 5.91 Å². The van der Waals surface area contributed by atoms with Gasteiger partial charge >= 0.3 is 5.97 Å². The molecule has 2 aromatic carbocycles. The first-order valence-electron chi connectivity index (χ1n) is 10.5. The highest BCUT2D eigenvalue weighted by Crippen LogP contribution is 2.25. The van der Waals surface area contributed by atoms with Gasteiger partial charge < -0.3 is 25.0 Å². The van der Waals surface area contributed by atoms with E-state index < -0.39 is 23.5 Å². The van der Waals surface area contributed by atoms with Crippen LogP contribution < -0.4 is 15.5 Å². The first kappa shape index (κ1) is 24.1. The van der Waals surface area contributed by atoms with E-state index in [9.17, 15) is 23.2 Å². The molecule has 1 aliphatic rings. The van der Waals surface area contributed by atoms with E-state index in [2.05, 4.69) is 15.5 Å². The predicted octanol–water partition coefficient (Wildman–Crippen LogP) is 2.74. The fraction of sp³-hybridized carbons (Fsp3) is 0.348. The number of methoxy groups -OCH3 is 1. The highest BCUT2D eigenvalue weighted by atomic mass is 19.1. The molecule has 10 heteroatoms. The number of carbonyl (C=O) groups excluding carboxylic acids is 3. The molecule has 0 spiro atoms. The minimum absolute atomic E-state index is 0.0536. The average molecular weight is 461 g/mol. The molecule has 33 heavy (non-hydrogen) atoms. The van der Waals surface area contributed by atoms with E-state index in [1.807, 2.05) is 6.07 Å². The molecular weight excluding hydrogens is 436 g/mol.